The van der Waals surface area contributed by atoms with E-state index in [0.29, 0.717) is 18.0 Å². The van der Waals surface area contributed by atoms with Crippen LogP contribution in [-0.4, -0.2) is 18.3 Å². The van der Waals surface area contributed by atoms with E-state index in [2.05, 4.69) is 17.4 Å². The van der Waals surface area contributed by atoms with Crippen molar-refractivity contribution in [2.75, 3.05) is 13.2 Å². The number of fused-ring (bicyclic) bond motifs is 1. The Hall–Kier alpha value is -2.14. The topological polar surface area (TPSA) is 41.5 Å². The highest BCUT2D eigenvalue weighted by Crippen LogP contribution is 2.29. The largest absolute Gasteiger partial charge is 0.488 e. The minimum atomic E-state index is -0.363. The monoisotopic (exact) mass is 373 g/mol. The number of hydrogen-bond acceptors (Lipinski definition) is 3. The summed E-state index contributed by atoms with van der Waals surface area (Å²) in [5.74, 6) is 0.402. The van der Waals surface area contributed by atoms with E-state index in [0.717, 1.165) is 34.2 Å². The van der Waals surface area contributed by atoms with Gasteiger partial charge in [0, 0.05) is 24.3 Å². The normalized spacial score (nSPS) is 11.0. The van der Waals surface area contributed by atoms with Crippen molar-refractivity contribution >= 4 is 22.4 Å². The first-order chi connectivity index (χ1) is 12.7. The van der Waals surface area contributed by atoms with Crippen LogP contribution < -0.4 is 10.1 Å². The molecule has 0 bridgehead atoms. The van der Waals surface area contributed by atoms with Crippen LogP contribution in [0.25, 0.3) is 10.8 Å². The zero-order chi connectivity index (χ0) is 18.4. The summed E-state index contributed by atoms with van der Waals surface area (Å²) in [5, 5.41) is 14.9. The average Bonchev–Trinajstić information content (AvgIpc) is 2.65. The van der Waals surface area contributed by atoms with Gasteiger partial charge in [-0.25, -0.2) is 4.39 Å². The predicted molar refractivity (Wildman–Crippen MR) is 103 cm³/mol. The molecule has 0 amide bonds. The smallest absolute Gasteiger partial charge is 0.124 e. The third-order valence-electron chi connectivity index (χ3n) is 4.21. The Morgan fingerprint density at radius 2 is 1.92 bits per heavy atom. The molecule has 3 aromatic carbocycles. The number of aliphatic hydroxyl groups is 1. The molecule has 3 aromatic rings. The van der Waals surface area contributed by atoms with Crippen molar-refractivity contribution in [3.05, 3.63) is 76.6 Å². The van der Waals surface area contributed by atoms with Gasteiger partial charge in [-0.1, -0.05) is 48.0 Å². The van der Waals surface area contributed by atoms with Crippen LogP contribution in [0.4, 0.5) is 4.39 Å². The van der Waals surface area contributed by atoms with Gasteiger partial charge in [0.05, 0.1) is 5.02 Å². The fourth-order valence-corrected chi connectivity index (χ4v) is 3.07. The summed E-state index contributed by atoms with van der Waals surface area (Å²) in [5.41, 5.74) is 1.79. The molecule has 0 aliphatic heterocycles. The molecule has 0 aliphatic rings. The van der Waals surface area contributed by atoms with E-state index in [1.807, 2.05) is 24.3 Å². The number of hydrogen-bond donors (Lipinski definition) is 2. The molecule has 2 N–H and O–H groups in total. The molecule has 3 rings (SSSR count). The van der Waals surface area contributed by atoms with Gasteiger partial charge in [-0.3, -0.25) is 0 Å². The van der Waals surface area contributed by atoms with E-state index in [1.165, 1.54) is 12.1 Å². The van der Waals surface area contributed by atoms with Crippen LogP contribution >= 0.6 is 11.6 Å². The third-order valence-corrected chi connectivity index (χ3v) is 4.56. The molecule has 0 radical (unpaired) electrons. The van der Waals surface area contributed by atoms with Gasteiger partial charge in [0.2, 0.25) is 0 Å². The summed E-state index contributed by atoms with van der Waals surface area (Å²) in [7, 11) is 0. The number of rotatable bonds is 8. The Bertz CT molecular complexity index is 885. The Balaban J connectivity index is 1.83. The van der Waals surface area contributed by atoms with Crippen LogP contribution in [0.1, 0.15) is 17.5 Å². The van der Waals surface area contributed by atoms with Gasteiger partial charge < -0.3 is 15.2 Å². The zero-order valence-electron chi connectivity index (χ0n) is 14.3. The van der Waals surface area contributed by atoms with Crippen LogP contribution in [0.2, 0.25) is 5.02 Å². The quantitative estimate of drug-likeness (QED) is 0.563. The average molecular weight is 374 g/mol. The Morgan fingerprint density at radius 3 is 2.73 bits per heavy atom. The molecule has 136 valence electrons. The minimum absolute atomic E-state index is 0.162. The van der Waals surface area contributed by atoms with Crippen LogP contribution in [-0.2, 0) is 13.2 Å². The predicted octanol–water partition coefficient (Wildman–Crippen LogP) is 4.68. The molecule has 0 heterocycles. The molecule has 3 nitrogen and oxygen atoms in total. The number of aliphatic hydroxyl groups excluding tert-OH is 1. The molecule has 0 aromatic heterocycles. The van der Waals surface area contributed by atoms with Crippen LogP contribution in [0.5, 0.6) is 5.75 Å². The molecule has 0 spiro atoms. The van der Waals surface area contributed by atoms with Gasteiger partial charge in [0.1, 0.15) is 18.2 Å². The van der Waals surface area contributed by atoms with E-state index >= 15 is 0 Å². The highest BCUT2D eigenvalue weighted by molar-refractivity contribution is 6.31. The van der Waals surface area contributed by atoms with Crippen molar-refractivity contribution in [2.45, 2.75) is 19.6 Å². The van der Waals surface area contributed by atoms with Crippen molar-refractivity contribution in [1.29, 1.82) is 0 Å². The van der Waals surface area contributed by atoms with Crippen LogP contribution in [0.15, 0.2) is 54.6 Å². The third kappa shape index (κ3) is 4.52. The van der Waals surface area contributed by atoms with E-state index in [9.17, 15) is 4.39 Å². The molecular weight excluding hydrogens is 353 g/mol. The second kappa shape index (κ2) is 8.99. The zero-order valence-corrected chi connectivity index (χ0v) is 15.1. The standard InChI is InChI=1S/C21H21ClFNO2/c22-20-12-17(23)8-6-16(20)14-26-21-9-7-15-4-1-2-5-18(15)19(21)13-24-10-3-11-25/h1-2,4-9,12,24-25H,3,10-11,13-14H2. The summed E-state index contributed by atoms with van der Waals surface area (Å²) in [6, 6.07) is 16.4. The van der Waals surface area contributed by atoms with Crippen molar-refractivity contribution in [3.63, 3.8) is 0 Å². The van der Waals surface area contributed by atoms with Crippen molar-refractivity contribution in [3.8, 4) is 5.75 Å². The van der Waals surface area contributed by atoms with Gasteiger partial charge in [-0.15, -0.1) is 0 Å². The lowest BCUT2D eigenvalue weighted by molar-refractivity contribution is 0.285. The van der Waals surface area contributed by atoms with Gasteiger partial charge in [0.25, 0.3) is 0 Å². The van der Waals surface area contributed by atoms with Gasteiger partial charge in [0.15, 0.2) is 0 Å². The molecule has 0 aliphatic carbocycles. The summed E-state index contributed by atoms with van der Waals surface area (Å²) in [6.45, 7) is 1.78. The first kappa shape index (κ1) is 18.6. The maximum atomic E-state index is 13.2. The molecule has 26 heavy (non-hydrogen) atoms. The van der Waals surface area contributed by atoms with Gasteiger partial charge >= 0.3 is 0 Å². The fourth-order valence-electron chi connectivity index (χ4n) is 2.85. The minimum Gasteiger partial charge on any atom is -0.488 e. The summed E-state index contributed by atoms with van der Waals surface area (Å²) >= 11 is 6.09. The van der Waals surface area contributed by atoms with E-state index in [4.69, 9.17) is 21.4 Å². The second-order valence-electron chi connectivity index (χ2n) is 6.04. The molecule has 0 fully saturated rings. The Kier molecular flexibility index (Phi) is 6.45. The van der Waals surface area contributed by atoms with E-state index in [-0.39, 0.29) is 19.0 Å². The second-order valence-corrected chi connectivity index (χ2v) is 6.45. The van der Waals surface area contributed by atoms with Crippen LogP contribution in [0, 0.1) is 5.82 Å². The fraction of sp³-hybridized carbons (Fsp3) is 0.238. The van der Waals surface area contributed by atoms with E-state index < -0.39 is 0 Å². The summed E-state index contributed by atoms with van der Waals surface area (Å²) in [4.78, 5) is 0. The first-order valence-corrected chi connectivity index (χ1v) is 8.96. The van der Waals surface area contributed by atoms with Crippen molar-refractivity contribution in [2.24, 2.45) is 0 Å². The van der Waals surface area contributed by atoms with Crippen LogP contribution in [0.3, 0.4) is 0 Å². The maximum Gasteiger partial charge on any atom is 0.124 e. The number of halogens is 2. The number of nitrogens with one attached hydrogen (secondary N) is 1. The molecule has 5 heteroatoms. The Morgan fingerprint density at radius 1 is 1.08 bits per heavy atom. The number of ether oxygens (including phenoxy) is 1. The first-order valence-electron chi connectivity index (χ1n) is 8.58. The molecule has 0 saturated carbocycles. The molecule has 0 atom stereocenters. The van der Waals surface area contributed by atoms with Gasteiger partial charge in [-0.2, -0.15) is 0 Å². The lowest BCUT2D eigenvalue weighted by Crippen LogP contribution is -2.16. The van der Waals surface area contributed by atoms with Crippen molar-refractivity contribution in [1.82, 2.24) is 5.32 Å². The van der Waals surface area contributed by atoms with Gasteiger partial charge in [-0.05, 0) is 41.9 Å². The maximum absolute atomic E-state index is 13.2. The molecule has 0 saturated heterocycles. The van der Waals surface area contributed by atoms with E-state index in [1.54, 1.807) is 6.07 Å². The summed E-state index contributed by atoms with van der Waals surface area (Å²) < 4.78 is 19.2. The summed E-state index contributed by atoms with van der Waals surface area (Å²) in [6.07, 6.45) is 0.701. The van der Waals surface area contributed by atoms with Crippen molar-refractivity contribution < 1.29 is 14.2 Å². The lowest BCUT2D eigenvalue weighted by Gasteiger charge is -2.15. The lowest BCUT2D eigenvalue weighted by atomic mass is 10.0. The molecular formula is C21H21ClFNO2. The highest BCUT2D eigenvalue weighted by Gasteiger charge is 2.10. The Labute approximate surface area is 157 Å². The SMILES string of the molecule is OCCCNCc1c(OCc2ccc(F)cc2Cl)ccc2ccccc12. The highest BCUT2D eigenvalue weighted by atomic mass is 35.5. The molecule has 0 unspecified atom stereocenters. The number of benzene rings is 3.